The minimum atomic E-state index is 0.0526. The summed E-state index contributed by atoms with van der Waals surface area (Å²) >= 11 is 6.15. The van der Waals surface area contributed by atoms with Gasteiger partial charge in [0.25, 0.3) is 0 Å². The van der Waals surface area contributed by atoms with E-state index in [2.05, 4.69) is 10.6 Å². The van der Waals surface area contributed by atoms with Gasteiger partial charge in [-0.05, 0) is 48.7 Å². The summed E-state index contributed by atoms with van der Waals surface area (Å²) in [5.74, 6) is 0.131. The van der Waals surface area contributed by atoms with Gasteiger partial charge in [0, 0.05) is 42.1 Å². The van der Waals surface area contributed by atoms with Crippen LogP contribution in [-0.4, -0.2) is 19.1 Å². The Labute approximate surface area is 147 Å². The van der Waals surface area contributed by atoms with Crippen LogP contribution in [0.2, 0.25) is 5.02 Å². The van der Waals surface area contributed by atoms with Crippen LogP contribution in [0.1, 0.15) is 18.4 Å². The number of amides is 1. The second-order valence-electron chi connectivity index (χ2n) is 5.90. The molecule has 1 aliphatic rings. The molecule has 126 valence electrons. The fraction of sp³-hybridized carbons (Fsp3) is 0.316. The molecule has 24 heavy (non-hydrogen) atoms. The second kappa shape index (κ2) is 8.18. The summed E-state index contributed by atoms with van der Waals surface area (Å²) in [4.78, 5) is 12.2. The largest absolute Gasteiger partial charge is 0.381 e. The fourth-order valence-corrected chi connectivity index (χ4v) is 2.92. The summed E-state index contributed by atoms with van der Waals surface area (Å²) in [5.41, 5.74) is 2.85. The molecule has 0 spiro atoms. The van der Waals surface area contributed by atoms with Gasteiger partial charge >= 0.3 is 0 Å². The van der Waals surface area contributed by atoms with Gasteiger partial charge in [0.15, 0.2) is 0 Å². The number of carbonyl (C=O) groups is 1. The van der Waals surface area contributed by atoms with Crippen LogP contribution in [0.15, 0.2) is 48.5 Å². The molecule has 1 aliphatic heterocycles. The molecular formula is C19H21ClN2O2. The quantitative estimate of drug-likeness (QED) is 0.849. The molecule has 4 nitrogen and oxygen atoms in total. The third-order valence-corrected chi connectivity index (χ3v) is 4.55. The van der Waals surface area contributed by atoms with E-state index in [1.54, 1.807) is 0 Å². The predicted molar refractivity (Wildman–Crippen MR) is 97.4 cm³/mol. The molecule has 1 saturated heterocycles. The van der Waals surface area contributed by atoms with Crippen molar-refractivity contribution in [3.63, 3.8) is 0 Å². The van der Waals surface area contributed by atoms with E-state index in [-0.39, 0.29) is 11.8 Å². The SMILES string of the molecule is O=C(Nc1ccc(NCc2ccccc2Cl)cc1)C1CCOCC1. The molecule has 0 aliphatic carbocycles. The Morgan fingerprint density at radius 3 is 2.42 bits per heavy atom. The van der Waals surface area contributed by atoms with Crippen molar-refractivity contribution in [2.24, 2.45) is 5.92 Å². The Kier molecular flexibility index (Phi) is 5.72. The highest BCUT2D eigenvalue weighted by atomic mass is 35.5. The van der Waals surface area contributed by atoms with Crippen molar-refractivity contribution in [1.29, 1.82) is 0 Å². The van der Waals surface area contributed by atoms with Crippen LogP contribution < -0.4 is 10.6 Å². The summed E-state index contributed by atoms with van der Waals surface area (Å²) in [6.45, 7) is 2.00. The molecule has 0 atom stereocenters. The fourth-order valence-electron chi connectivity index (χ4n) is 2.71. The number of hydrogen-bond donors (Lipinski definition) is 2. The molecule has 0 bridgehead atoms. The van der Waals surface area contributed by atoms with E-state index >= 15 is 0 Å². The Morgan fingerprint density at radius 2 is 1.71 bits per heavy atom. The van der Waals surface area contributed by atoms with Crippen molar-refractivity contribution >= 4 is 28.9 Å². The third kappa shape index (κ3) is 4.49. The summed E-state index contributed by atoms with van der Waals surface area (Å²) in [6, 6.07) is 15.5. The number of benzene rings is 2. The number of halogens is 1. The predicted octanol–water partition coefficient (Wildman–Crippen LogP) is 4.32. The van der Waals surface area contributed by atoms with Gasteiger partial charge in [-0.3, -0.25) is 4.79 Å². The topological polar surface area (TPSA) is 50.4 Å². The first-order valence-corrected chi connectivity index (χ1v) is 8.56. The first-order chi connectivity index (χ1) is 11.7. The van der Waals surface area contributed by atoms with E-state index in [1.165, 1.54) is 0 Å². The van der Waals surface area contributed by atoms with Gasteiger partial charge in [-0.2, -0.15) is 0 Å². The van der Waals surface area contributed by atoms with Crippen LogP contribution >= 0.6 is 11.6 Å². The average molecular weight is 345 g/mol. The first-order valence-electron chi connectivity index (χ1n) is 8.18. The zero-order valence-corrected chi connectivity index (χ0v) is 14.2. The molecule has 0 saturated carbocycles. The highest BCUT2D eigenvalue weighted by Gasteiger charge is 2.21. The normalized spacial score (nSPS) is 15.0. The Bertz CT molecular complexity index is 682. The van der Waals surface area contributed by atoms with Gasteiger partial charge in [-0.15, -0.1) is 0 Å². The molecule has 1 heterocycles. The van der Waals surface area contributed by atoms with Gasteiger partial charge < -0.3 is 15.4 Å². The summed E-state index contributed by atoms with van der Waals surface area (Å²) < 4.78 is 5.29. The van der Waals surface area contributed by atoms with Crippen molar-refractivity contribution in [2.75, 3.05) is 23.8 Å². The van der Waals surface area contributed by atoms with E-state index in [9.17, 15) is 4.79 Å². The van der Waals surface area contributed by atoms with Crippen molar-refractivity contribution < 1.29 is 9.53 Å². The smallest absolute Gasteiger partial charge is 0.227 e. The summed E-state index contributed by atoms with van der Waals surface area (Å²) in [5, 5.41) is 7.07. The molecule has 0 unspecified atom stereocenters. The van der Waals surface area contributed by atoms with Gasteiger partial charge in [0.05, 0.1) is 0 Å². The lowest BCUT2D eigenvalue weighted by Gasteiger charge is -2.21. The molecule has 2 aromatic rings. The zero-order chi connectivity index (χ0) is 16.8. The Balaban J connectivity index is 1.53. The second-order valence-corrected chi connectivity index (χ2v) is 6.31. The number of ether oxygens (including phenoxy) is 1. The van der Waals surface area contributed by atoms with E-state index in [1.807, 2.05) is 48.5 Å². The third-order valence-electron chi connectivity index (χ3n) is 4.19. The van der Waals surface area contributed by atoms with Crippen LogP contribution in [0.3, 0.4) is 0 Å². The van der Waals surface area contributed by atoms with Crippen LogP contribution in [0.5, 0.6) is 0 Å². The maximum absolute atomic E-state index is 12.2. The maximum Gasteiger partial charge on any atom is 0.227 e. The zero-order valence-electron chi connectivity index (χ0n) is 13.4. The summed E-state index contributed by atoms with van der Waals surface area (Å²) in [7, 11) is 0. The van der Waals surface area contributed by atoms with Crippen LogP contribution in [0.25, 0.3) is 0 Å². The molecule has 3 rings (SSSR count). The van der Waals surface area contributed by atoms with E-state index in [0.717, 1.165) is 34.8 Å². The van der Waals surface area contributed by atoms with Gasteiger partial charge in [-0.25, -0.2) is 0 Å². The lowest BCUT2D eigenvalue weighted by molar-refractivity contribution is -0.122. The minimum Gasteiger partial charge on any atom is -0.381 e. The standard InChI is InChI=1S/C19H21ClN2O2/c20-18-4-2-1-3-15(18)13-21-16-5-7-17(8-6-16)22-19(23)14-9-11-24-12-10-14/h1-8,14,21H,9-13H2,(H,22,23). The van der Waals surface area contributed by atoms with Gasteiger partial charge in [0.2, 0.25) is 5.91 Å². The number of rotatable bonds is 5. The molecule has 2 aromatic carbocycles. The maximum atomic E-state index is 12.2. The summed E-state index contributed by atoms with van der Waals surface area (Å²) in [6.07, 6.45) is 1.59. The van der Waals surface area contributed by atoms with E-state index in [4.69, 9.17) is 16.3 Å². The van der Waals surface area contributed by atoms with Crippen molar-refractivity contribution in [1.82, 2.24) is 0 Å². The van der Waals surface area contributed by atoms with E-state index in [0.29, 0.717) is 19.8 Å². The van der Waals surface area contributed by atoms with Gasteiger partial charge in [0.1, 0.15) is 0 Å². The number of hydrogen-bond acceptors (Lipinski definition) is 3. The molecule has 0 aromatic heterocycles. The van der Waals surface area contributed by atoms with Crippen molar-refractivity contribution in [2.45, 2.75) is 19.4 Å². The Hall–Kier alpha value is -2.04. The lowest BCUT2D eigenvalue weighted by atomic mass is 9.99. The Morgan fingerprint density at radius 1 is 1.04 bits per heavy atom. The molecule has 1 amide bonds. The number of carbonyl (C=O) groups excluding carboxylic acids is 1. The monoisotopic (exact) mass is 344 g/mol. The minimum absolute atomic E-state index is 0.0526. The molecule has 5 heteroatoms. The molecule has 0 radical (unpaired) electrons. The number of nitrogens with one attached hydrogen (secondary N) is 2. The molecular weight excluding hydrogens is 324 g/mol. The van der Waals surface area contributed by atoms with Crippen LogP contribution in [0, 0.1) is 5.92 Å². The molecule has 2 N–H and O–H groups in total. The lowest BCUT2D eigenvalue weighted by Crippen LogP contribution is -2.28. The highest BCUT2D eigenvalue weighted by molar-refractivity contribution is 6.31. The van der Waals surface area contributed by atoms with E-state index < -0.39 is 0 Å². The first kappa shape index (κ1) is 16.8. The van der Waals surface area contributed by atoms with Gasteiger partial charge in [-0.1, -0.05) is 29.8 Å². The number of anilines is 2. The molecule has 1 fully saturated rings. The van der Waals surface area contributed by atoms with Crippen LogP contribution in [0.4, 0.5) is 11.4 Å². The average Bonchev–Trinajstić information content (AvgIpc) is 2.63. The van der Waals surface area contributed by atoms with Crippen LogP contribution in [-0.2, 0) is 16.1 Å². The van der Waals surface area contributed by atoms with Crippen molar-refractivity contribution in [3.05, 3.63) is 59.1 Å². The van der Waals surface area contributed by atoms with Crippen molar-refractivity contribution in [3.8, 4) is 0 Å². The highest BCUT2D eigenvalue weighted by Crippen LogP contribution is 2.20.